The van der Waals surface area contributed by atoms with Crippen molar-refractivity contribution >= 4 is 45.3 Å². The number of rotatable bonds is 7. The fraction of sp³-hybridized carbons (Fsp3) is 0.250. The van der Waals surface area contributed by atoms with E-state index in [1.807, 2.05) is 21.5 Å². The lowest BCUT2D eigenvalue weighted by Gasteiger charge is -1.91. The molecule has 10 heteroatoms. The summed E-state index contributed by atoms with van der Waals surface area (Å²) in [6, 6.07) is 0. The van der Waals surface area contributed by atoms with Crippen LogP contribution in [0.4, 0.5) is 0 Å². The number of thiazole rings is 4. The summed E-state index contributed by atoms with van der Waals surface area (Å²) in [4.78, 5) is 18.6. The van der Waals surface area contributed by atoms with Gasteiger partial charge in [-0.25, -0.2) is 19.9 Å². The molecule has 134 valence electrons. The second kappa shape index (κ2) is 7.99. The third-order valence-electron chi connectivity index (χ3n) is 3.53. The molecule has 4 N–H and O–H groups in total. The minimum Gasteiger partial charge on any atom is -0.330 e. The summed E-state index contributed by atoms with van der Waals surface area (Å²) in [6.07, 6.45) is 1.61. The van der Waals surface area contributed by atoms with Crippen LogP contribution >= 0.6 is 45.3 Å². The first-order valence-corrected chi connectivity index (χ1v) is 11.5. The van der Waals surface area contributed by atoms with Crippen molar-refractivity contribution in [2.75, 3.05) is 13.1 Å². The molecule has 0 aromatic carbocycles. The van der Waals surface area contributed by atoms with E-state index in [2.05, 4.69) is 9.97 Å². The highest BCUT2D eigenvalue weighted by molar-refractivity contribution is 7.15. The first kappa shape index (κ1) is 17.8. The van der Waals surface area contributed by atoms with E-state index in [0.717, 1.165) is 55.6 Å². The maximum absolute atomic E-state index is 5.59. The maximum Gasteiger partial charge on any atom is 0.143 e. The van der Waals surface area contributed by atoms with Gasteiger partial charge in [-0.1, -0.05) is 0 Å². The van der Waals surface area contributed by atoms with Gasteiger partial charge in [0.2, 0.25) is 0 Å². The van der Waals surface area contributed by atoms with Crippen LogP contribution in [-0.2, 0) is 12.8 Å². The van der Waals surface area contributed by atoms with Gasteiger partial charge in [-0.15, -0.1) is 45.3 Å². The molecule has 0 fully saturated rings. The fourth-order valence-electron chi connectivity index (χ4n) is 2.31. The van der Waals surface area contributed by atoms with E-state index in [9.17, 15) is 0 Å². The molecule has 0 bridgehead atoms. The molecule has 0 atom stereocenters. The Balaban J connectivity index is 1.55. The number of aromatic nitrogens is 4. The second-order valence-electron chi connectivity index (χ2n) is 5.41. The van der Waals surface area contributed by atoms with Gasteiger partial charge in [0.25, 0.3) is 0 Å². The summed E-state index contributed by atoms with van der Waals surface area (Å²) in [5.74, 6) is 0. The molecule has 0 aliphatic carbocycles. The van der Waals surface area contributed by atoms with Gasteiger partial charge in [0.05, 0.1) is 10.0 Å². The van der Waals surface area contributed by atoms with E-state index >= 15 is 0 Å². The summed E-state index contributed by atoms with van der Waals surface area (Å²) in [5, 5.41) is 12.0. The minimum absolute atomic E-state index is 0.612. The summed E-state index contributed by atoms with van der Waals surface area (Å²) in [6.45, 7) is 1.22. The lowest BCUT2D eigenvalue weighted by molar-refractivity contribution is 0.954. The van der Waals surface area contributed by atoms with Crippen LogP contribution in [0.1, 0.15) is 10.0 Å². The molecule has 0 saturated heterocycles. The van der Waals surface area contributed by atoms with Crippen LogP contribution in [0.25, 0.3) is 32.8 Å². The lowest BCUT2D eigenvalue weighted by Crippen LogP contribution is -2.01. The number of hydrogen-bond acceptors (Lipinski definition) is 10. The Morgan fingerprint density at radius 1 is 0.577 bits per heavy atom. The zero-order valence-corrected chi connectivity index (χ0v) is 17.0. The smallest absolute Gasteiger partial charge is 0.143 e. The Morgan fingerprint density at radius 2 is 1.00 bits per heavy atom. The summed E-state index contributed by atoms with van der Waals surface area (Å²) in [5.41, 5.74) is 14.8. The molecule has 0 amide bonds. The van der Waals surface area contributed by atoms with Crippen LogP contribution < -0.4 is 11.5 Å². The van der Waals surface area contributed by atoms with E-state index in [1.165, 1.54) is 0 Å². The highest BCUT2D eigenvalue weighted by Gasteiger charge is 2.14. The van der Waals surface area contributed by atoms with Crippen LogP contribution in [0.3, 0.4) is 0 Å². The number of hydrogen-bond donors (Lipinski definition) is 2. The first-order chi connectivity index (χ1) is 12.8. The van der Waals surface area contributed by atoms with Gasteiger partial charge in [-0.05, 0) is 13.1 Å². The molecule has 4 aromatic rings. The molecule has 4 heterocycles. The molecule has 6 nitrogen and oxygen atoms in total. The molecule has 4 aromatic heterocycles. The summed E-state index contributed by atoms with van der Waals surface area (Å²) >= 11 is 6.42. The zero-order chi connectivity index (χ0) is 17.9. The Bertz CT molecular complexity index is 917. The average molecular weight is 421 g/mol. The molecule has 0 spiro atoms. The van der Waals surface area contributed by atoms with Gasteiger partial charge >= 0.3 is 0 Å². The average Bonchev–Trinajstić information content (AvgIpc) is 3.41. The van der Waals surface area contributed by atoms with Crippen molar-refractivity contribution in [3.63, 3.8) is 0 Å². The maximum atomic E-state index is 5.59. The molecule has 26 heavy (non-hydrogen) atoms. The third kappa shape index (κ3) is 3.75. The Morgan fingerprint density at radius 3 is 1.42 bits per heavy atom. The van der Waals surface area contributed by atoms with E-state index in [0.29, 0.717) is 13.1 Å². The molecular formula is C16H16N6S4. The van der Waals surface area contributed by atoms with Crippen molar-refractivity contribution in [1.29, 1.82) is 0 Å². The molecule has 0 aliphatic heterocycles. The van der Waals surface area contributed by atoms with Crippen molar-refractivity contribution < 1.29 is 0 Å². The van der Waals surface area contributed by atoms with Crippen LogP contribution in [-0.4, -0.2) is 33.0 Å². The predicted octanol–water partition coefficient (Wildman–Crippen LogP) is 3.52. The van der Waals surface area contributed by atoms with Crippen LogP contribution in [0.5, 0.6) is 0 Å². The largest absolute Gasteiger partial charge is 0.330 e. The molecule has 4 rings (SSSR count). The molecule has 0 radical (unpaired) electrons. The molecule has 0 saturated carbocycles. The normalized spacial score (nSPS) is 11.3. The van der Waals surface area contributed by atoms with E-state index in [4.69, 9.17) is 21.4 Å². The number of nitrogens with two attached hydrogens (primary N) is 2. The fourth-order valence-corrected chi connectivity index (χ4v) is 5.61. The predicted molar refractivity (Wildman–Crippen MR) is 111 cm³/mol. The first-order valence-electron chi connectivity index (χ1n) is 7.98. The third-order valence-corrected chi connectivity index (χ3v) is 7.08. The monoisotopic (exact) mass is 420 g/mol. The lowest BCUT2D eigenvalue weighted by atomic mass is 10.4. The van der Waals surface area contributed by atoms with Gasteiger partial charge in [0.1, 0.15) is 32.8 Å². The highest BCUT2D eigenvalue weighted by atomic mass is 32.1. The minimum atomic E-state index is 0.612. The quantitative estimate of drug-likeness (QED) is 0.474. The van der Waals surface area contributed by atoms with Crippen LogP contribution in [0, 0.1) is 0 Å². The number of nitrogens with zero attached hydrogens (tertiary/aromatic N) is 4. The van der Waals surface area contributed by atoms with Gasteiger partial charge in [-0.3, -0.25) is 0 Å². The zero-order valence-electron chi connectivity index (χ0n) is 13.7. The van der Waals surface area contributed by atoms with Crippen LogP contribution in [0.15, 0.2) is 21.5 Å². The Kier molecular flexibility index (Phi) is 5.48. The van der Waals surface area contributed by atoms with E-state index < -0.39 is 0 Å². The van der Waals surface area contributed by atoms with Crippen molar-refractivity contribution in [2.45, 2.75) is 12.8 Å². The van der Waals surface area contributed by atoms with Gasteiger partial charge in [0, 0.05) is 34.4 Å². The standard InChI is InChI=1S/C16H16N6S4/c17-3-1-13-19-11(7-23-13)15-21-9(5-25-15)10-6-26-16(22-10)12-8-24-14(20-12)2-4-18/h5-8H,1-4,17-18H2. The van der Waals surface area contributed by atoms with Gasteiger partial charge in [0.15, 0.2) is 0 Å². The summed E-state index contributed by atoms with van der Waals surface area (Å²) < 4.78 is 0. The van der Waals surface area contributed by atoms with Gasteiger partial charge < -0.3 is 11.5 Å². The molecule has 0 unspecified atom stereocenters. The summed E-state index contributed by atoms with van der Waals surface area (Å²) in [7, 11) is 0. The highest BCUT2D eigenvalue weighted by Crippen LogP contribution is 2.33. The van der Waals surface area contributed by atoms with Crippen molar-refractivity contribution in [2.24, 2.45) is 11.5 Å². The van der Waals surface area contributed by atoms with Crippen molar-refractivity contribution in [3.05, 3.63) is 31.5 Å². The van der Waals surface area contributed by atoms with Crippen molar-refractivity contribution in [3.8, 4) is 32.8 Å². The second-order valence-corrected chi connectivity index (χ2v) is 9.01. The van der Waals surface area contributed by atoms with Gasteiger partial charge in [-0.2, -0.15) is 0 Å². The Hall–Kier alpha value is -1.56. The van der Waals surface area contributed by atoms with Crippen LogP contribution in [0.2, 0.25) is 0 Å². The van der Waals surface area contributed by atoms with Crippen molar-refractivity contribution in [1.82, 2.24) is 19.9 Å². The molecular weight excluding hydrogens is 404 g/mol. The Labute approximate surface area is 166 Å². The SMILES string of the molecule is NCCc1nc(-c2nc(-c3csc(-c4csc(CCN)n4)n3)cs2)cs1. The molecule has 0 aliphatic rings. The topological polar surface area (TPSA) is 104 Å². The van der Waals surface area contributed by atoms with E-state index in [-0.39, 0.29) is 0 Å². The van der Waals surface area contributed by atoms with E-state index in [1.54, 1.807) is 45.3 Å².